The van der Waals surface area contributed by atoms with Crippen LogP contribution in [0.1, 0.15) is 55.6 Å². The number of nitrogens with one attached hydrogen (secondary N) is 1. The molecule has 0 fully saturated rings. The molecule has 3 rings (SSSR count). The van der Waals surface area contributed by atoms with Crippen molar-refractivity contribution < 1.29 is 24.2 Å². The fraction of sp³-hybridized carbons (Fsp3) is 0.400. The zero-order chi connectivity index (χ0) is 24.0. The fourth-order valence-corrected chi connectivity index (χ4v) is 3.42. The Morgan fingerprint density at radius 3 is 2.55 bits per heavy atom. The number of carboxylic acid groups (broad SMARTS) is 1. The van der Waals surface area contributed by atoms with Gasteiger partial charge in [0.1, 0.15) is 35.5 Å². The van der Waals surface area contributed by atoms with Crippen molar-refractivity contribution in [1.82, 2.24) is 10.2 Å². The summed E-state index contributed by atoms with van der Waals surface area (Å²) in [5.74, 6) is -0.273. The Bertz CT molecular complexity index is 1010. The molecule has 0 aromatic heterocycles. The highest BCUT2D eigenvalue weighted by Gasteiger charge is 2.31. The lowest BCUT2D eigenvalue weighted by atomic mass is 10.1. The highest BCUT2D eigenvalue weighted by atomic mass is 16.6. The smallest absolute Gasteiger partial charge is 0.411 e. The van der Waals surface area contributed by atoms with Crippen LogP contribution >= 0.6 is 0 Å². The minimum Gasteiger partial charge on any atom is -0.488 e. The number of carbonyl (C=O) groups is 2. The van der Waals surface area contributed by atoms with Gasteiger partial charge in [0.25, 0.3) is 0 Å². The number of amidine groups is 1. The topological polar surface area (TPSA) is 100 Å². The summed E-state index contributed by atoms with van der Waals surface area (Å²) in [4.78, 5) is 30.7. The fourth-order valence-electron chi connectivity index (χ4n) is 3.42. The summed E-state index contributed by atoms with van der Waals surface area (Å²) in [6.45, 7) is 8.60. The van der Waals surface area contributed by atoms with E-state index in [1.54, 1.807) is 17.0 Å². The summed E-state index contributed by atoms with van der Waals surface area (Å²) in [5, 5.41) is 13.0. The van der Waals surface area contributed by atoms with Crippen LogP contribution in [-0.4, -0.2) is 52.8 Å². The monoisotopic (exact) mass is 453 g/mol. The van der Waals surface area contributed by atoms with Gasteiger partial charge in [-0.2, -0.15) is 0 Å². The largest absolute Gasteiger partial charge is 0.488 e. The van der Waals surface area contributed by atoms with Crippen LogP contribution < -0.4 is 10.1 Å². The predicted octanol–water partition coefficient (Wildman–Crippen LogP) is 4.29. The number of aromatic carboxylic acids is 1. The molecule has 1 unspecified atom stereocenters. The van der Waals surface area contributed by atoms with E-state index < -0.39 is 17.7 Å². The van der Waals surface area contributed by atoms with E-state index in [1.165, 1.54) is 6.07 Å². The van der Waals surface area contributed by atoms with Gasteiger partial charge < -0.3 is 19.9 Å². The number of ether oxygens (including phenoxy) is 2. The van der Waals surface area contributed by atoms with Gasteiger partial charge in [0.15, 0.2) is 0 Å². The van der Waals surface area contributed by atoms with E-state index in [0.29, 0.717) is 24.5 Å². The van der Waals surface area contributed by atoms with Crippen LogP contribution in [0.4, 0.5) is 4.79 Å². The standard InChI is InChI=1S/C25H31N3O5/c1-5-13-28(24(31)33-25(2,3)4)21-15-26-22(27-21)18-11-12-20(19(14-18)23(29)30)32-16-17-9-7-6-8-10-17/h6-12,14,21H,5,13,15-16H2,1-4H3,(H,26,27)(H,29,30). The number of hydrogen-bond donors (Lipinski definition) is 2. The molecule has 2 N–H and O–H groups in total. The van der Waals surface area contributed by atoms with Crippen LogP contribution in [0.3, 0.4) is 0 Å². The van der Waals surface area contributed by atoms with E-state index in [-0.39, 0.29) is 24.1 Å². The molecule has 2 aromatic rings. The van der Waals surface area contributed by atoms with Crippen molar-refractivity contribution in [3.63, 3.8) is 0 Å². The Balaban J connectivity index is 1.73. The van der Waals surface area contributed by atoms with Crippen molar-refractivity contribution >= 4 is 17.9 Å². The molecular weight excluding hydrogens is 422 g/mol. The van der Waals surface area contributed by atoms with E-state index in [4.69, 9.17) is 9.47 Å². The van der Waals surface area contributed by atoms with Crippen molar-refractivity contribution in [1.29, 1.82) is 0 Å². The third-order valence-electron chi connectivity index (χ3n) is 4.91. The van der Waals surface area contributed by atoms with E-state index in [9.17, 15) is 14.7 Å². The normalized spacial score (nSPS) is 15.4. The molecule has 8 heteroatoms. The van der Waals surface area contributed by atoms with Crippen LogP contribution in [-0.2, 0) is 11.3 Å². The molecule has 2 aromatic carbocycles. The molecule has 8 nitrogen and oxygen atoms in total. The summed E-state index contributed by atoms with van der Waals surface area (Å²) in [7, 11) is 0. The lowest BCUT2D eigenvalue weighted by molar-refractivity contribution is 0.0162. The third-order valence-corrected chi connectivity index (χ3v) is 4.91. The molecule has 0 saturated heterocycles. The average Bonchev–Trinajstić information content (AvgIpc) is 3.25. The number of amides is 1. The molecule has 0 bridgehead atoms. The molecular formula is C25H31N3O5. The first-order chi connectivity index (χ1) is 15.7. The Labute approximate surface area is 194 Å². The van der Waals surface area contributed by atoms with Gasteiger partial charge in [0.2, 0.25) is 0 Å². The van der Waals surface area contributed by atoms with Crippen LogP contribution in [0.15, 0.2) is 53.5 Å². The molecule has 1 amide bonds. The summed E-state index contributed by atoms with van der Waals surface area (Å²) in [5.41, 5.74) is 1.01. The zero-order valence-corrected chi connectivity index (χ0v) is 19.5. The molecule has 0 aliphatic carbocycles. The minimum atomic E-state index is -1.09. The van der Waals surface area contributed by atoms with Gasteiger partial charge in [-0.3, -0.25) is 9.89 Å². The lowest BCUT2D eigenvalue weighted by Crippen LogP contribution is -2.51. The zero-order valence-electron chi connectivity index (χ0n) is 19.5. The van der Waals surface area contributed by atoms with Gasteiger partial charge in [0, 0.05) is 12.1 Å². The first-order valence-corrected chi connectivity index (χ1v) is 11.0. The van der Waals surface area contributed by atoms with E-state index >= 15 is 0 Å². The first-order valence-electron chi connectivity index (χ1n) is 11.0. The number of rotatable bonds is 8. The Hall–Kier alpha value is -3.55. The molecule has 1 heterocycles. The van der Waals surface area contributed by atoms with Crippen LogP contribution in [0, 0.1) is 0 Å². The van der Waals surface area contributed by atoms with Crippen molar-refractivity contribution in [3.8, 4) is 5.75 Å². The van der Waals surface area contributed by atoms with Gasteiger partial charge in [-0.1, -0.05) is 37.3 Å². The third kappa shape index (κ3) is 6.47. The summed E-state index contributed by atoms with van der Waals surface area (Å²) in [6, 6.07) is 14.5. The Morgan fingerprint density at radius 2 is 1.91 bits per heavy atom. The van der Waals surface area contributed by atoms with Gasteiger partial charge in [-0.15, -0.1) is 0 Å². The second-order valence-corrected chi connectivity index (χ2v) is 8.81. The number of carboxylic acids is 1. The van der Waals surface area contributed by atoms with Gasteiger partial charge in [-0.05, 0) is 51.0 Å². The summed E-state index contributed by atoms with van der Waals surface area (Å²) < 4.78 is 11.3. The summed E-state index contributed by atoms with van der Waals surface area (Å²) >= 11 is 0. The Morgan fingerprint density at radius 1 is 1.18 bits per heavy atom. The second-order valence-electron chi connectivity index (χ2n) is 8.81. The highest BCUT2D eigenvalue weighted by Crippen LogP contribution is 2.23. The summed E-state index contributed by atoms with van der Waals surface area (Å²) in [6.07, 6.45) is -0.00474. The second kappa shape index (κ2) is 10.4. The van der Waals surface area contributed by atoms with Gasteiger partial charge in [0.05, 0.1) is 6.54 Å². The molecule has 33 heavy (non-hydrogen) atoms. The van der Waals surface area contributed by atoms with Crippen LogP contribution in [0.25, 0.3) is 0 Å². The van der Waals surface area contributed by atoms with Gasteiger partial charge >= 0.3 is 12.1 Å². The number of benzene rings is 2. The SMILES string of the molecule is CCCN(C(=O)OC(C)(C)C)C1CN=C(c2ccc(OCc3ccccc3)c(C(=O)O)c2)N1. The molecule has 1 aliphatic heterocycles. The first kappa shape index (κ1) is 24.1. The minimum absolute atomic E-state index is 0.0499. The maximum Gasteiger partial charge on any atom is 0.411 e. The molecule has 1 atom stereocenters. The lowest BCUT2D eigenvalue weighted by Gasteiger charge is -2.31. The van der Waals surface area contributed by atoms with Crippen LogP contribution in [0.5, 0.6) is 5.75 Å². The van der Waals surface area contributed by atoms with E-state index in [1.807, 2.05) is 58.0 Å². The Kier molecular flexibility index (Phi) is 7.58. The number of hydrogen-bond acceptors (Lipinski definition) is 6. The van der Waals surface area contributed by atoms with Crippen molar-refractivity contribution in [2.45, 2.75) is 52.5 Å². The van der Waals surface area contributed by atoms with Crippen molar-refractivity contribution in [2.75, 3.05) is 13.1 Å². The maximum absolute atomic E-state index is 12.7. The maximum atomic E-state index is 12.7. The van der Waals surface area contributed by atoms with E-state index in [2.05, 4.69) is 10.3 Å². The molecule has 0 saturated carbocycles. The number of nitrogens with zero attached hydrogens (tertiary/aromatic N) is 2. The van der Waals surface area contributed by atoms with E-state index in [0.717, 1.165) is 12.0 Å². The van der Waals surface area contributed by atoms with Gasteiger partial charge in [-0.25, -0.2) is 9.59 Å². The molecule has 0 spiro atoms. The molecule has 176 valence electrons. The van der Waals surface area contributed by atoms with Crippen molar-refractivity contribution in [3.05, 3.63) is 65.2 Å². The number of carbonyl (C=O) groups excluding carboxylic acids is 1. The molecule has 0 radical (unpaired) electrons. The average molecular weight is 454 g/mol. The quantitative estimate of drug-likeness (QED) is 0.619. The van der Waals surface area contributed by atoms with Crippen LogP contribution in [0.2, 0.25) is 0 Å². The number of aliphatic imine (C=N–C) groups is 1. The predicted molar refractivity (Wildman–Crippen MR) is 126 cm³/mol. The van der Waals surface area contributed by atoms with Crippen molar-refractivity contribution in [2.24, 2.45) is 4.99 Å². The highest BCUT2D eigenvalue weighted by molar-refractivity contribution is 6.03. The molecule has 1 aliphatic rings.